The predicted octanol–water partition coefficient (Wildman–Crippen LogP) is 5.73. The highest BCUT2D eigenvalue weighted by Crippen LogP contribution is 2.56. The molecule has 0 N–H and O–H groups in total. The highest BCUT2D eigenvalue weighted by Gasteiger charge is 2.64. The molecule has 0 bridgehead atoms. The Morgan fingerprint density at radius 2 is 1.62 bits per heavy atom. The molecule has 5 heteroatoms. The van der Waals surface area contributed by atoms with Gasteiger partial charge >= 0.3 is 0 Å². The molecule has 3 aromatic rings. The molecule has 5 rings (SSSR count). The Morgan fingerprint density at radius 3 is 2.31 bits per heavy atom. The van der Waals surface area contributed by atoms with Crippen molar-refractivity contribution in [2.75, 3.05) is 4.90 Å². The van der Waals surface area contributed by atoms with Gasteiger partial charge in [0.25, 0.3) is 0 Å². The molecule has 0 amide bonds. The van der Waals surface area contributed by atoms with Crippen LogP contribution in [0.2, 0.25) is 0 Å². The number of fused-ring (bicyclic) bond motifs is 3. The quantitative estimate of drug-likeness (QED) is 0.449. The van der Waals surface area contributed by atoms with Gasteiger partial charge in [0.1, 0.15) is 6.04 Å². The van der Waals surface area contributed by atoms with Gasteiger partial charge in [0.15, 0.2) is 11.2 Å². The normalized spacial score (nSPS) is 25.3. The van der Waals surface area contributed by atoms with E-state index in [1.54, 1.807) is 24.3 Å². The van der Waals surface area contributed by atoms with Crippen LogP contribution < -0.4 is 4.90 Å². The van der Waals surface area contributed by atoms with Crippen LogP contribution in [0.1, 0.15) is 27.4 Å². The Hall–Kier alpha value is -3.67. The fourth-order valence-corrected chi connectivity index (χ4v) is 5.40. The van der Waals surface area contributed by atoms with Crippen LogP contribution in [0.4, 0.5) is 5.69 Å². The van der Waals surface area contributed by atoms with Crippen molar-refractivity contribution in [3.8, 4) is 12.1 Å². The molecule has 0 spiro atoms. The summed E-state index contributed by atoms with van der Waals surface area (Å²) >= 11 is 3.41. The lowest BCUT2D eigenvalue weighted by Crippen LogP contribution is -2.45. The number of carbonyl (C=O) groups is 1. The van der Waals surface area contributed by atoms with Gasteiger partial charge in [-0.2, -0.15) is 10.5 Å². The van der Waals surface area contributed by atoms with Gasteiger partial charge in [-0.25, -0.2) is 0 Å². The Morgan fingerprint density at radius 1 is 0.938 bits per heavy atom. The molecule has 2 heterocycles. The van der Waals surface area contributed by atoms with E-state index < -0.39 is 23.4 Å². The number of hydrogen-bond acceptors (Lipinski definition) is 4. The lowest BCUT2D eigenvalue weighted by Gasteiger charge is -2.35. The lowest BCUT2D eigenvalue weighted by atomic mass is 9.65. The van der Waals surface area contributed by atoms with Crippen molar-refractivity contribution in [2.24, 2.45) is 5.41 Å². The summed E-state index contributed by atoms with van der Waals surface area (Å²) in [5.41, 5.74) is 1.65. The number of rotatable bonds is 3. The second-order valence-electron chi connectivity index (χ2n) is 8.05. The van der Waals surface area contributed by atoms with Crippen LogP contribution in [0, 0.1) is 28.1 Å². The highest BCUT2D eigenvalue weighted by atomic mass is 79.9. The SMILES string of the molecule is N#CC1C(c2ccccc2)C(C#N)(C(=O)c2ccc(Br)cc2)C2C=Cc3ccccc3N12. The number of nitriles is 2. The fraction of sp³-hybridized carbons (Fsp3) is 0.148. The van der Waals surface area contributed by atoms with E-state index in [9.17, 15) is 15.3 Å². The first-order valence-electron chi connectivity index (χ1n) is 10.3. The molecule has 0 saturated carbocycles. The zero-order valence-corrected chi connectivity index (χ0v) is 18.6. The van der Waals surface area contributed by atoms with E-state index in [4.69, 9.17) is 0 Å². The van der Waals surface area contributed by atoms with Crippen molar-refractivity contribution in [2.45, 2.75) is 18.0 Å². The molecule has 4 unspecified atom stereocenters. The number of hydrogen-bond donors (Lipinski definition) is 0. The van der Waals surface area contributed by atoms with E-state index in [0.717, 1.165) is 21.3 Å². The van der Waals surface area contributed by atoms with E-state index in [2.05, 4.69) is 28.1 Å². The maximum Gasteiger partial charge on any atom is 0.186 e. The van der Waals surface area contributed by atoms with Crippen molar-refractivity contribution in [1.82, 2.24) is 0 Å². The number of nitrogens with zero attached hydrogens (tertiary/aromatic N) is 3. The first-order chi connectivity index (χ1) is 15.6. The Labute approximate surface area is 195 Å². The van der Waals surface area contributed by atoms with Gasteiger partial charge in [-0.1, -0.05) is 88.7 Å². The third-order valence-electron chi connectivity index (χ3n) is 6.50. The van der Waals surface area contributed by atoms with Crippen LogP contribution in [-0.4, -0.2) is 17.9 Å². The van der Waals surface area contributed by atoms with Gasteiger partial charge in [0, 0.05) is 21.6 Å². The monoisotopic (exact) mass is 479 g/mol. The van der Waals surface area contributed by atoms with Crippen molar-refractivity contribution in [3.63, 3.8) is 0 Å². The molecule has 2 aliphatic heterocycles. The molecule has 3 aromatic carbocycles. The Kier molecular flexibility index (Phi) is 4.93. The lowest BCUT2D eigenvalue weighted by molar-refractivity contribution is 0.0842. The van der Waals surface area contributed by atoms with Crippen LogP contribution >= 0.6 is 15.9 Å². The highest BCUT2D eigenvalue weighted by molar-refractivity contribution is 9.10. The van der Waals surface area contributed by atoms with E-state index in [-0.39, 0.29) is 5.78 Å². The van der Waals surface area contributed by atoms with Crippen LogP contribution in [0.3, 0.4) is 0 Å². The van der Waals surface area contributed by atoms with Gasteiger partial charge in [-0.15, -0.1) is 0 Å². The average Bonchev–Trinajstić information content (AvgIpc) is 3.15. The third-order valence-corrected chi connectivity index (χ3v) is 7.03. The Bertz CT molecular complexity index is 1300. The summed E-state index contributed by atoms with van der Waals surface area (Å²) in [6.45, 7) is 0. The van der Waals surface area contributed by atoms with E-state index in [1.807, 2.05) is 71.6 Å². The molecular formula is C27H18BrN3O. The topological polar surface area (TPSA) is 67.9 Å². The van der Waals surface area contributed by atoms with Gasteiger partial charge in [0.2, 0.25) is 0 Å². The predicted molar refractivity (Wildman–Crippen MR) is 127 cm³/mol. The van der Waals surface area contributed by atoms with Gasteiger partial charge in [-0.05, 0) is 29.3 Å². The van der Waals surface area contributed by atoms with Crippen LogP contribution in [0.5, 0.6) is 0 Å². The van der Waals surface area contributed by atoms with Crippen molar-refractivity contribution in [3.05, 3.63) is 106 Å². The minimum Gasteiger partial charge on any atom is -0.346 e. The molecule has 2 aliphatic rings. The largest absolute Gasteiger partial charge is 0.346 e. The number of halogens is 1. The minimum atomic E-state index is -1.46. The second-order valence-corrected chi connectivity index (χ2v) is 8.96. The van der Waals surface area contributed by atoms with Crippen molar-refractivity contribution < 1.29 is 4.79 Å². The Balaban J connectivity index is 1.78. The number of anilines is 1. The number of carbonyl (C=O) groups excluding carboxylic acids is 1. The van der Waals surface area contributed by atoms with Gasteiger partial charge < -0.3 is 4.90 Å². The van der Waals surface area contributed by atoms with Crippen molar-refractivity contribution in [1.29, 1.82) is 10.5 Å². The van der Waals surface area contributed by atoms with E-state index in [0.29, 0.717) is 5.56 Å². The molecule has 0 aliphatic carbocycles. The standard InChI is InChI=1S/C27H18BrN3O/c28-21-13-10-20(11-14-21)26(32)27(17-30)24-15-12-18-6-4-5-9-22(18)31(24)23(16-29)25(27)19-7-2-1-3-8-19/h1-15,23-25H. The maximum atomic E-state index is 14.1. The minimum absolute atomic E-state index is 0.266. The third kappa shape index (κ3) is 2.83. The van der Waals surface area contributed by atoms with Gasteiger partial charge in [0.05, 0.1) is 18.2 Å². The maximum absolute atomic E-state index is 14.1. The zero-order chi connectivity index (χ0) is 22.3. The summed E-state index contributed by atoms with van der Waals surface area (Å²) in [6, 6.07) is 28.0. The van der Waals surface area contributed by atoms with Gasteiger partial charge in [-0.3, -0.25) is 4.79 Å². The summed E-state index contributed by atoms with van der Waals surface area (Å²) in [5.74, 6) is -0.881. The summed E-state index contributed by atoms with van der Waals surface area (Å²) in [5, 5.41) is 21.0. The molecule has 32 heavy (non-hydrogen) atoms. The van der Waals surface area contributed by atoms with Crippen LogP contribution in [0.15, 0.2) is 89.4 Å². The van der Waals surface area contributed by atoms with E-state index in [1.165, 1.54) is 0 Å². The average molecular weight is 480 g/mol. The molecule has 1 saturated heterocycles. The molecule has 4 atom stereocenters. The van der Waals surface area contributed by atoms with Crippen LogP contribution in [0.25, 0.3) is 6.08 Å². The summed E-state index contributed by atoms with van der Waals surface area (Å²) in [4.78, 5) is 16.1. The smallest absolute Gasteiger partial charge is 0.186 e. The first kappa shape index (κ1) is 20.2. The molecule has 0 radical (unpaired) electrons. The molecule has 1 fully saturated rings. The molecule has 4 nitrogen and oxygen atoms in total. The van der Waals surface area contributed by atoms with Crippen LogP contribution in [-0.2, 0) is 0 Å². The summed E-state index contributed by atoms with van der Waals surface area (Å²) in [6.07, 6.45) is 3.87. The number of para-hydroxylation sites is 1. The second kappa shape index (κ2) is 7.79. The number of Topliss-reactive ketones (excluding diaryl/α,β-unsaturated/α-hetero) is 1. The molecule has 0 aromatic heterocycles. The first-order valence-corrected chi connectivity index (χ1v) is 11.1. The molecular weight excluding hydrogens is 462 g/mol. The van der Waals surface area contributed by atoms with E-state index >= 15 is 0 Å². The summed E-state index contributed by atoms with van der Waals surface area (Å²) in [7, 11) is 0. The number of benzene rings is 3. The zero-order valence-electron chi connectivity index (χ0n) is 17.0. The summed E-state index contributed by atoms with van der Waals surface area (Å²) < 4.78 is 0.856. The number of ketones is 1. The molecule has 154 valence electrons. The fourth-order valence-electron chi connectivity index (χ4n) is 5.13. The van der Waals surface area contributed by atoms with Crippen molar-refractivity contribution >= 4 is 33.5 Å².